The van der Waals surface area contributed by atoms with Gasteiger partial charge in [-0.1, -0.05) is 6.07 Å². The van der Waals surface area contributed by atoms with Crippen LogP contribution in [0.1, 0.15) is 44.4 Å². The number of cyclic esters (lactones) is 1. The third kappa shape index (κ3) is 3.51. The summed E-state index contributed by atoms with van der Waals surface area (Å²) in [5.74, 6) is 0.265. The number of aliphatic hydroxyl groups is 1. The third-order valence-electron chi connectivity index (χ3n) is 4.87. The summed E-state index contributed by atoms with van der Waals surface area (Å²) in [6.07, 6.45) is 6.36. The van der Waals surface area contributed by atoms with Gasteiger partial charge in [-0.05, 0) is 31.0 Å². The molecule has 0 amide bonds. The van der Waals surface area contributed by atoms with Crippen LogP contribution in [0.15, 0.2) is 37.1 Å². The second-order valence-corrected chi connectivity index (χ2v) is 6.84. The first-order valence-corrected chi connectivity index (χ1v) is 9.03. The van der Waals surface area contributed by atoms with E-state index in [0.717, 1.165) is 27.9 Å². The minimum Gasteiger partial charge on any atom is -0.457 e. The van der Waals surface area contributed by atoms with Crippen molar-refractivity contribution in [3.8, 4) is 5.95 Å². The van der Waals surface area contributed by atoms with Crippen molar-refractivity contribution < 1.29 is 14.6 Å². The fourth-order valence-electron chi connectivity index (χ4n) is 3.30. The van der Waals surface area contributed by atoms with E-state index in [4.69, 9.17) is 4.74 Å². The summed E-state index contributed by atoms with van der Waals surface area (Å²) in [6.45, 7) is 4.99. The molecule has 0 radical (unpaired) electrons. The third-order valence-corrected chi connectivity index (χ3v) is 4.87. The van der Waals surface area contributed by atoms with Crippen molar-refractivity contribution in [2.24, 2.45) is 0 Å². The number of benzene rings is 1. The van der Waals surface area contributed by atoms with Crippen LogP contribution < -0.4 is 5.32 Å². The maximum absolute atomic E-state index is 11.6. The van der Waals surface area contributed by atoms with Crippen LogP contribution in [-0.2, 0) is 17.9 Å². The van der Waals surface area contributed by atoms with Gasteiger partial charge < -0.3 is 15.2 Å². The summed E-state index contributed by atoms with van der Waals surface area (Å²) in [5, 5.41) is 13.8. The molecule has 1 unspecified atom stereocenters. The molecule has 0 fully saturated rings. The molecule has 2 N–H and O–H groups in total. The number of aromatic nitrogens is 4. The lowest BCUT2D eigenvalue weighted by Gasteiger charge is -2.16. The zero-order valence-electron chi connectivity index (χ0n) is 15.7. The van der Waals surface area contributed by atoms with Crippen molar-refractivity contribution in [3.05, 3.63) is 70.6 Å². The van der Waals surface area contributed by atoms with Crippen LogP contribution in [-0.4, -0.2) is 37.1 Å². The maximum Gasteiger partial charge on any atom is 0.338 e. The van der Waals surface area contributed by atoms with Gasteiger partial charge in [-0.3, -0.25) is 4.57 Å². The number of hydrogen-bond acceptors (Lipinski definition) is 7. The predicted octanol–water partition coefficient (Wildman–Crippen LogP) is 1.77. The van der Waals surface area contributed by atoms with Crippen LogP contribution in [0.5, 0.6) is 0 Å². The molecular weight excluding hydrogens is 358 g/mol. The normalized spacial score (nSPS) is 14.0. The van der Waals surface area contributed by atoms with E-state index in [2.05, 4.69) is 20.3 Å². The van der Waals surface area contributed by atoms with Crippen molar-refractivity contribution in [2.45, 2.75) is 33.1 Å². The molecular formula is C20H21N5O3. The molecule has 8 nitrogen and oxygen atoms in total. The molecule has 4 rings (SSSR count). The molecule has 0 aliphatic carbocycles. The topological polar surface area (TPSA) is 102 Å². The molecule has 0 bridgehead atoms. The van der Waals surface area contributed by atoms with Crippen molar-refractivity contribution in [1.29, 1.82) is 0 Å². The minimum absolute atomic E-state index is 0.272. The summed E-state index contributed by atoms with van der Waals surface area (Å²) < 4.78 is 6.83. The molecule has 0 saturated carbocycles. The summed E-state index contributed by atoms with van der Waals surface area (Å²) >= 11 is 0. The van der Waals surface area contributed by atoms with E-state index in [0.29, 0.717) is 24.6 Å². The molecule has 3 aromatic rings. The van der Waals surface area contributed by atoms with Gasteiger partial charge in [0, 0.05) is 42.8 Å². The number of carbonyl (C=O) groups is 1. The van der Waals surface area contributed by atoms with Gasteiger partial charge in [0.2, 0.25) is 5.95 Å². The van der Waals surface area contributed by atoms with Crippen LogP contribution in [0.4, 0.5) is 0 Å². The minimum atomic E-state index is -0.685. The lowest BCUT2D eigenvalue weighted by Crippen LogP contribution is -2.22. The summed E-state index contributed by atoms with van der Waals surface area (Å²) in [7, 11) is 0. The number of hydrogen-bond donors (Lipinski definition) is 2. The Bertz CT molecular complexity index is 1010. The number of ether oxygens (including phenoxy) is 1. The van der Waals surface area contributed by atoms with Crippen LogP contribution in [0, 0.1) is 13.8 Å². The van der Waals surface area contributed by atoms with Crippen LogP contribution >= 0.6 is 0 Å². The van der Waals surface area contributed by atoms with Gasteiger partial charge >= 0.3 is 5.97 Å². The molecule has 0 spiro atoms. The summed E-state index contributed by atoms with van der Waals surface area (Å²) in [6, 6.07) is 3.51. The van der Waals surface area contributed by atoms with Crippen LogP contribution in [0.25, 0.3) is 5.95 Å². The highest BCUT2D eigenvalue weighted by molar-refractivity contribution is 5.93. The van der Waals surface area contributed by atoms with E-state index >= 15 is 0 Å². The number of nitrogens with zero attached hydrogens (tertiary/aromatic N) is 4. The van der Waals surface area contributed by atoms with Crippen molar-refractivity contribution in [2.75, 3.05) is 6.54 Å². The summed E-state index contributed by atoms with van der Waals surface area (Å²) in [4.78, 5) is 24.5. The van der Waals surface area contributed by atoms with Gasteiger partial charge in [-0.15, -0.1) is 0 Å². The zero-order valence-corrected chi connectivity index (χ0v) is 15.7. The smallest absolute Gasteiger partial charge is 0.338 e. The number of esters is 1. The predicted molar refractivity (Wildman–Crippen MR) is 101 cm³/mol. The first-order valence-electron chi connectivity index (χ1n) is 9.03. The number of rotatable bonds is 6. The number of imidazole rings is 1. The first kappa shape index (κ1) is 18.3. The second-order valence-electron chi connectivity index (χ2n) is 6.84. The average molecular weight is 379 g/mol. The Balaban J connectivity index is 1.36. The average Bonchev–Trinajstić information content (AvgIpc) is 3.29. The molecule has 144 valence electrons. The van der Waals surface area contributed by atoms with E-state index in [-0.39, 0.29) is 12.6 Å². The van der Waals surface area contributed by atoms with Gasteiger partial charge in [0.1, 0.15) is 12.9 Å². The second kappa shape index (κ2) is 7.49. The highest BCUT2D eigenvalue weighted by atomic mass is 16.5. The molecule has 28 heavy (non-hydrogen) atoms. The SMILES string of the molecule is Cc1cn(-c2ncc(CNCC(O)c3ccc4c(c3C)COC4=O)cn2)cn1. The molecule has 1 aromatic carbocycles. The van der Waals surface area contributed by atoms with Gasteiger partial charge in [-0.25, -0.2) is 19.7 Å². The Morgan fingerprint density at radius 1 is 1.25 bits per heavy atom. The van der Waals surface area contributed by atoms with Gasteiger partial charge in [-0.2, -0.15) is 0 Å². The van der Waals surface area contributed by atoms with Crippen molar-refractivity contribution in [3.63, 3.8) is 0 Å². The van der Waals surface area contributed by atoms with Crippen molar-refractivity contribution in [1.82, 2.24) is 24.8 Å². The zero-order chi connectivity index (χ0) is 19.7. The Kier molecular flexibility index (Phi) is 4.89. The molecule has 0 saturated heterocycles. The fraction of sp³-hybridized carbons (Fsp3) is 0.300. The maximum atomic E-state index is 11.6. The van der Waals surface area contributed by atoms with E-state index < -0.39 is 6.10 Å². The molecule has 1 aliphatic heterocycles. The van der Waals surface area contributed by atoms with Gasteiger partial charge in [0.15, 0.2) is 0 Å². The molecule has 1 atom stereocenters. The Hall–Kier alpha value is -3.10. The number of fused-ring (bicyclic) bond motifs is 1. The Morgan fingerprint density at radius 3 is 2.75 bits per heavy atom. The fourth-order valence-corrected chi connectivity index (χ4v) is 3.30. The van der Waals surface area contributed by atoms with Gasteiger partial charge in [0.05, 0.1) is 17.4 Å². The molecule has 1 aliphatic rings. The van der Waals surface area contributed by atoms with Crippen molar-refractivity contribution >= 4 is 5.97 Å². The Labute approximate surface area is 162 Å². The standard InChI is InChI=1S/C20H21N5O3/c1-12-9-25(11-24-12)20-22-6-14(7-23-20)5-21-8-18(26)15-3-4-16-17(13(15)2)10-28-19(16)27/h3-4,6-7,9,11,18,21,26H,5,8,10H2,1-2H3. The molecule has 2 aromatic heterocycles. The monoisotopic (exact) mass is 379 g/mol. The van der Waals surface area contributed by atoms with E-state index in [9.17, 15) is 9.90 Å². The van der Waals surface area contributed by atoms with Crippen LogP contribution in [0.3, 0.4) is 0 Å². The molecule has 3 heterocycles. The lowest BCUT2D eigenvalue weighted by molar-refractivity contribution is 0.0535. The van der Waals surface area contributed by atoms with E-state index in [1.807, 2.05) is 20.0 Å². The number of aryl methyl sites for hydroxylation is 1. The first-order chi connectivity index (χ1) is 13.5. The lowest BCUT2D eigenvalue weighted by atomic mass is 9.95. The Morgan fingerprint density at radius 2 is 2.04 bits per heavy atom. The highest BCUT2D eigenvalue weighted by Crippen LogP contribution is 2.28. The number of aliphatic hydroxyl groups excluding tert-OH is 1. The van der Waals surface area contributed by atoms with Gasteiger partial charge in [0.25, 0.3) is 0 Å². The molecule has 8 heteroatoms. The van der Waals surface area contributed by atoms with Crippen LogP contribution in [0.2, 0.25) is 0 Å². The number of carbonyl (C=O) groups excluding carboxylic acids is 1. The quantitative estimate of drug-likeness (QED) is 0.629. The number of nitrogens with one attached hydrogen (secondary N) is 1. The highest BCUT2D eigenvalue weighted by Gasteiger charge is 2.25. The van der Waals surface area contributed by atoms with E-state index in [1.54, 1.807) is 35.4 Å². The largest absolute Gasteiger partial charge is 0.457 e. The van der Waals surface area contributed by atoms with E-state index in [1.165, 1.54) is 0 Å². The summed E-state index contributed by atoms with van der Waals surface area (Å²) in [5.41, 5.74) is 4.97.